The quantitative estimate of drug-likeness (QED) is 0.837. The molecule has 1 aromatic heterocycles. The van der Waals surface area contributed by atoms with Crippen LogP contribution < -0.4 is 0 Å². The van der Waals surface area contributed by atoms with Crippen molar-refractivity contribution in [3.05, 3.63) is 44.4 Å². The summed E-state index contributed by atoms with van der Waals surface area (Å²) in [6, 6.07) is 5.18. The van der Waals surface area contributed by atoms with Gasteiger partial charge in [-0.15, -0.1) is 0 Å². The van der Waals surface area contributed by atoms with Gasteiger partial charge in [0.1, 0.15) is 5.82 Å². The summed E-state index contributed by atoms with van der Waals surface area (Å²) in [6.45, 7) is 2.66. The first-order valence-electron chi connectivity index (χ1n) is 5.94. The summed E-state index contributed by atoms with van der Waals surface area (Å²) in [5.74, 6) is 1.39. The molecule has 1 unspecified atom stereocenters. The highest BCUT2D eigenvalue weighted by Crippen LogP contribution is 2.22. The molecule has 0 saturated carbocycles. The number of nitrogens with zero attached hydrogens (tertiary/aromatic N) is 2. The van der Waals surface area contributed by atoms with Gasteiger partial charge >= 0.3 is 0 Å². The van der Waals surface area contributed by atoms with E-state index in [0.29, 0.717) is 38.7 Å². The fraction of sp³-hybridized carbons (Fsp3) is 0.333. The zero-order chi connectivity index (χ0) is 14.7. The van der Waals surface area contributed by atoms with Crippen LogP contribution in [0.15, 0.2) is 18.2 Å². The van der Waals surface area contributed by atoms with Crippen LogP contribution in [0.25, 0.3) is 0 Å². The van der Waals surface area contributed by atoms with E-state index in [-0.39, 0.29) is 0 Å². The molecule has 2 rings (SSSR count). The third-order valence-corrected chi connectivity index (χ3v) is 4.89. The van der Waals surface area contributed by atoms with Crippen LogP contribution in [0.3, 0.4) is 0 Å². The van der Waals surface area contributed by atoms with E-state index >= 15 is 0 Å². The molecular formula is C12H13Cl2N3OS2. The Morgan fingerprint density at radius 1 is 1.40 bits per heavy atom. The van der Waals surface area contributed by atoms with Gasteiger partial charge in [-0.25, -0.2) is 0 Å². The number of benzene rings is 1. The maximum atomic E-state index is 12.2. The van der Waals surface area contributed by atoms with E-state index in [1.807, 2.05) is 11.5 Å². The zero-order valence-electron chi connectivity index (χ0n) is 10.7. The maximum absolute atomic E-state index is 12.2. The number of nitrogens with one attached hydrogen (secondary N) is 1. The largest absolute Gasteiger partial charge is 0.304 e. The molecule has 0 fully saturated rings. The van der Waals surface area contributed by atoms with Gasteiger partial charge in [-0.05, 0) is 36.8 Å². The van der Waals surface area contributed by atoms with E-state index in [2.05, 4.69) is 10.2 Å². The normalized spacial score (nSPS) is 12.6. The first-order chi connectivity index (χ1) is 9.51. The highest BCUT2D eigenvalue weighted by atomic mass is 35.5. The van der Waals surface area contributed by atoms with Crippen LogP contribution in [0.1, 0.15) is 18.3 Å². The Bertz CT molecular complexity index is 696. The molecular weight excluding hydrogens is 337 g/mol. The standard InChI is InChI=1S/C12H13Cl2N3OS2/c1-2-17-11(15-16-12(17)19)7-20(18)6-8-3-4-9(13)5-10(8)14/h3-5H,2,6-7H2,1H3,(H,16,19). The van der Waals surface area contributed by atoms with Crippen molar-refractivity contribution >= 4 is 46.2 Å². The van der Waals surface area contributed by atoms with Crippen molar-refractivity contribution < 1.29 is 4.21 Å². The van der Waals surface area contributed by atoms with Crippen molar-refractivity contribution in [1.82, 2.24) is 14.8 Å². The van der Waals surface area contributed by atoms with Gasteiger partial charge in [0.25, 0.3) is 0 Å². The molecule has 4 nitrogen and oxygen atoms in total. The second-order valence-electron chi connectivity index (χ2n) is 4.15. The number of H-pyrrole nitrogens is 1. The monoisotopic (exact) mass is 349 g/mol. The van der Waals surface area contributed by atoms with Crippen LogP contribution in [0.4, 0.5) is 0 Å². The van der Waals surface area contributed by atoms with Crippen LogP contribution in [0.5, 0.6) is 0 Å². The minimum Gasteiger partial charge on any atom is -0.304 e. The summed E-state index contributed by atoms with van der Waals surface area (Å²) < 4.78 is 14.6. The lowest BCUT2D eigenvalue weighted by Gasteiger charge is -2.06. The number of hydrogen-bond donors (Lipinski definition) is 1. The molecule has 1 N–H and O–H groups in total. The molecule has 1 atom stereocenters. The molecule has 0 bridgehead atoms. The van der Waals surface area contributed by atoms with Gasteiger partial charge in [0, 0.05) is 27.4 Å². The molecule has 1 heterocycles. The van der Waals surface area contributed by atoms with E-state index in [1.165, 1.54) is 0 Å². The molecule has 8 heteroatoms. The second kappa shape index (κ2) is 6.85. The van der Waals surface area contributed by atoms with Gasteiger partial charge in [0.15, 0.2) is 4.77 Å². The lowest BCUT2D eigenvalue weighted by atomic mass is 10.2. The molecule has 0 amide bonds. The van der Waals surface area contributed by atoms with Gasteiger partial charge in [-0.2, -0.15) is 5.10 Å². The van der Waals surface area contributed by atoms with Crippen molar-refractivity contribution in [2.45, 2.75) is 25.0 Å². The minimum atomic E-state index is -1.11. The fourth-order valence-electron chi connectivity index (χ4n) is 1.79. The van der Waals surface area contributed by atoms with Gasteiger partial charge < -0.3 is 4.57 Å². The van der Waals surface area contributed by atoms with Crippen LogP contribution in [0, 0.1) is 4.77 Å². The van der Waals surface area contributed by atoms with E-state index in [4.69, 9.17) is 35.4 Å². The topological polar surface area (TPSA) is 50.7 Å². The molecule has 0 aliphatic rings. The zero-order valence-corrected chi connectivity index (χ0v) is 13.9. The SMILES string of the molecule is CCn1c(CS(=O)Cc2ccc(Cl)cc2Cl)n[nH]c1=S. The lowest BCUT2D eigenvalue weighted by molar-refractivity contribution is 0.673. The van der Waals surface area contributed by atoms with E-state index in [0.717, 1.165) is 5.56 Å². The molecule has 0 spiro atoms. The van der Waals surface area contributed by atoms with E-state index in [9.17, 15) is 4.21 Å². The number of aromatic amines is 1. The number of rotatable bonds is 5. The smallest absolute Gasteiger partial charge is 0.195 e. The summed E-state index contributed by atoms with van der Waals surface area (Å²) in [4.78, 5) is 0. The second-order valence-corrected chi connectivity index (χ2v) is 6.84. The Balaban J connectivity index is 2.11. The molecule has 0 aliphatic heterocycles. The lowest BCUT2D eigenvalue weighted by Crippen LogP contribution is -2.07. The molecule has 0 saturated heterocycles. The molecule has 20 heavy (non-hydrogen) atoms. The van der Waals surface area contributed by atoms with Crippen LogP contribution >= 0.6 is 35.4 Å². The molecule has 2 aromatic rings. The van der Waals surface area contributed by atoms with E-state index in [1.54, 1.807) is 18.2 Å². The van der Waals surface area contributed by atoms with Gasteiger partial charge in [0.2, 0.25) is 0 Å². The molecule has 1 aromatic carbocycles. The van der Waals surface area contributed by atoms with Gasteiger partial charge in [0.05, 0.1) is 11.5 Å². The summed E-state index contributed by atoms with van der Waals surface area (Å²) in [5.41, 5.74) is 0.812. The molecule has 0 radical (unpaired) electrons. The third-order valence-electron chi connectivity index (χ3n) is 2.78. The number of halogens is 2. The Kier molecular flexibility index (Phi) is 5.37. The molecule has 0 aliphatic carbocycles. The van der Waals surface area contributed by atoms with Gasteiger partial charge in [-0.3, -0.25) is 9.31 Å². The van der Waals surface area contributed by atoms with Crippen molar-refractivity contribution in [2.24, 2.45) is 0 Å². The number of aromatic nitrogens is 3. The predicted octanol–water partition coefficient (Wildman–Crippen LogP) is 3.72. The Labute approximate surface area is 134 Å². The summed E-state index contributed by atoms with van der Waals surface area (Å²) >= 11 is 17.0. The number of hydrogen-bond acceptors (Lipinski definition) is 3. The van der Waals surface area contributed by atoms with Crippen molar-refractivity contribution in [3.63, 3.8) is 0 Å². The average Bonchev–Trinajstić information content (AvgIpc) is 2.73. The highest BCUT2D eigenvalue weighted by Gasteiger charge is 2.11. The Morgan fingerprint density at radius 3 is 2.80 bits per heavy atom. The van der Waals surface area contributed by atoms with Crippen molar-refractivity contribution in [3.8, 4) is 0 Å². The minimum absolute atomic E-state index is 0.333. The van der Waals surface area contributed by atoms with E-state index < -0.39 is 10.8 Å². The Hall–Kier alpha value is -0.690. The van der Waals surface area contributed by atoms with Crippen molar-refractivity contribution in [1.29, 1.82) is 0 Å². The molecule has 108 valence electrons. The Morgan fingerprint density at radius 2 is 2.15 bits per heavy atom. The van der Waals surface area contributed by atoms with Crippen LogP contribution in [-0.2, 0) is 28.9 Å². The van der Waals surface area contributed by atoms with Crippen molar-refractivity contribution in [2.75, 3.05) is 0 Å². The van der Waals surface area contributed by atoms with Crippen LogP contribution in [-0.4, -0.2) is 19.0 Å². The fourth-order valence-corrected chi connectivity index (χ4v) is 3.84. The average molecular weight is 350 g/mol. The third kappa shape index (κ3) is 3.69. The summed E-state index contributed by atoms with van der Waals surface area (Å²) in [7, 11) is -1.11. The first kappa shape index (κ1) is 15.7. The summed E-state index contributed by atoms with van der Waals surface area (Å²) in [5, 5.41) is 7.91. The maximum Gasteiger partial charge on any atom is 0.195 e. The summed E-state index contributed by atoms with van der Waals surface area (Å²) in [6.07, 6.45) is 0. The van der Waals surface area contributed by atoms with Crippen LogP contribution in [0.2, 0.25) is 10.0 Å². The predicted molar refractivity (Wildman–Crippen MR) is 85.1 cm³/mol. The van der Waals surface area contributed by atoms with Gasteiger partial charge in [-0.1, -0.05) is 29.3 Å². The first-order valence-corrected chi connectivity index (χ1v) is 8.59. The highest BCUT2D eigenvalue weighted by molar-refractivity contribution is 7.83.